The maximum absolute atomic E-state index is 5.60. The zero-order valence-corrected chi connectivity index (χ0v) is 9.34. The molecule has 0 atom stereocenters. The van der Waals surface area contributed by atoms with E-state index < -0.39 is 0 Å². The van der Waals surface area contributed by atoms with Crippen LogP contribution in [0, 0.1) is 5.92 Å². The molecule has 0 spiro atoms. The lowest BCUT2D eigenvalue weighted by Crippen LogP contribution is -2.15. The molecular weight excluding hydrogens is 164 g/mol. The third-order valence-corrected chi connectivity index (χ3v) is 3.48. The van der Waals surface area contributed by atoms with E-state index in [1.54, 1.807) is 0 Å². The van der Waals surface area contributed by atoms with Crippen LogP contribution in [0.5, 0.6) is 0 Å². The van der Waals surface area contributed by atoms with Crippen LogP contribution in [0.25, 0.3) is 0 Å². The van der Waals surface area contributed by atoms with Gasteiger partial charge in [-0.1, -0.05) is 19.3 Å². The zero-order valence-electron chi connectivity index (χ0n) is 7.93. The van der Waals surface area contributed by atoms with E-state index in [0.717, 1.165) is 18.8 Å². The molecule has 1 aliphatic carbocycles. The first-order valence-corrected chi connectivity index (χ1v) is 6.94. The highest BCUT2D eigenvalue weighted by atomic mass is 28.2. The number of ether oxygens (including phenoxy) is 1. The van der Waals surface area contributed by atoms with Crippen LogP contribution in [0.2, 0.25) is 0 Å². The summed E-state index contributed by atoms with van der Waals surface area (Å²) in [5.41, 5.74) is 2.06. The molecule has 1 nitrogen and oxygen atoms in total. The minimum absolute atomic E-state index is 0.0832. The predicted molar refractivity (Wildman–Crippen MR) is 56.1 cm³/mol. The Morgan fingerprint density at radius 1 is 1.33 bits per heavy atom. The van der Waals surface area contributed by atoms with E-state index in [4.69, 9.17) is 4.74 Å². The predicted octanol–water partition coefficient (Wildman–Crippen LogP) is 1.85. The summed E-state index contributed by atoms with van der Waals surface area (Å²) in [5.74, 6) is 0.873. The van der Waals surface area contributed by atoms with Crippen molar-refractivity contribution in [3.8, 4) is 0 Å². The molecule has 0 aromatic rings. The summed E-state index contributed by atoms with van der Waals surface area (Å²) < 4.78 is 5.60. The second-order valence-corrected chi connectivity index (χ2v) is 5.22. The van der Waals surface area contributed by atoms with Gasteiger partial charge in [0.15, 0.2) is 0 Å². The fourth-order valence-corrected chi connectivity index (χ4v) is 2.27. The van der Waals surface area contributed by atoms with Gasteiger partial charge < -0.3 is 4.74 Å². The van der Waals surface area contributed by atoms with E-state index in [9.17, 15) is 0 Å². The highest BCUT2D eigenvalue weighted by Gasteiger charge is 2.12. The Kier molecular flexibility index (Phi) is 5.36. The largest absolute Gasteiger partial charge is 0.385 e. The minimum Gasteiger partial charge on any atom is -0.385 e. The van der Waals surface area contributed by atoms with Gasteiger partial charge in [0, 0.05) is 12.8 Å². The topological polar surface area (TPSA) is 9.23 Å². The summed E-state index contributed by atoms with van der Waals surface area (Å²) in [5, 5.41) is 0. The number of hydrogen-bond donors (Lipinski definition) is 0. The van der Waals surface area contributed by atoms with Gasteiger partial charge in [-0.3, -0.25) is 0 Å². The summed E-state index contributed by atoms with van der Waals surface area (Å²) in [6.07, 6.45) is 8.09. The maximum atomic E-state index is 5.60. The van der Waals surface area contributed by atoms with Crippen molar-refractivity contribution in [1.82, 2.24) is 0 Å². The zero-order chi connectivity index (χ0) is 8.65. The summed E-state index contributed by atoms with van der Waals surface area (Å²) in [7, 11) is -0.0832. The fourth-order valence-electron chi connectivity index (χ4n) is 1.77. The van der Waals surface area contributed by atoms with Crippen LogP contribution < -0.4 is 0 Å². The lowest BCUT2D eigenvalue weighted by Gasteiger charge is -2.20. The van der Waals surface area contributed by atoms with Gasteiger partial charge in [-0.2, -0.15) is 0 Å². The van der Waals surface area contributed by atoms with Crippen molar-refractivity contribution in [2.45, 2.75) is 32.1 Å². The molecule has 1 aliphatic rings. The van der Waals surface area contributed by atoms with Crippen LogP contribution >= 0.6 is 0 Å². The van der Waals surface area contributed by atoms with Crippen LogP contribution in [-0.4, -0.2) is 22.4 Å². The maximum Gasteiger partial charge on any atom is 0.0749 e. The Hall–Kier alpha value is -0.0831. The smallest absolute Gasteiger partial charge is 0.0749 e. The molecule has 0 aromatic carbocycles. The SMILES string of the molecule is C=C[SiH2]COCC1CCCCC1. The monoisotopic (exact) mass is 184 g/mol. The van der Waals surface area contributed by atoms with E-state index in [-0.39, 0.29) is 9.52 Å². The average molecular weight is 184 g/mol. The molecule has 1 fully saturated rings. The Balaban J connectivity index is 1.94. The summed E-state index contributed by atoms with van der Waals surface area (Å²) in [6.45, 7) is 4.74. The first kappa shape index (κ1) is 10.0. The Labute approximate surface area is 78.0 Å². The second-order valence-electron chi connectivity index (χ2n) is 3.66. The first-order chi connectivity index (χ1) is 5.93. The molecule has 0 unspecified atom stereocenters. The Bertz CT molecular complexity index is 119. The Morgan fingerprint density at radius 2 is 2.08 bits per heavy atom. The molecule has 0 aliphatic heterocycles. The standard InChI is InChI=1S/C10H20OSi/c1-2-12-9-11-8-10-6-4-3-5-7-10/h2,10H,1,3-9,12H2. The Morgan fingerprint density at radius 3 is 2.75 bits per heavy atom. The molecule has 2 heteroatoms. The van der Waals surface area contributed by atoms with Crippen molar-refractivity contribution in [1.29, 1.82) is 0 Å². The quantitative estimate of drug-likeness (QED) is 0.468. The number of rotatable bonds is 5. The van der Waals surface area contributed by atoms with E-state index in [2.05, 4.69) is 12.3 Å². The van der Waals surface area contributed by atoms with Crippen LogP contribution in [0.3, 0.4) is 0 Å². The normalized spacial score (nSPS) is 20.3. The molecule has 0 bridgehead atoms. The van der Waals surface area contributed by atoms with E-state index in [1.165, 1.54) is 32.1 Å². The van der Waals surface area contributed by atoms with Gasteiger partial charge in [-0.25, -0.2) is 0 Å². The van der Waals surface area contributed by atoms with Crippen LogP contribution in [0.4, 0.5) is 0 Å². The highest BCUT2D eigenvalue weighted by molar-refractivity contribution is 6.41. The number of hydrogen-bond acceptors (Lipinski definition) is 1. The van der Waals surface area contributed by atoms with E-state index in [1.807, 2.05) is 0 Å². The molecule has 1 rings (SSSR count). The summed E-state index contributed by atoms with van der Waals surface area (Å²) in [4.78, 5) is 0. The summed E-state index contributed by atoms with van der Waals surface area (Å²) in [6, 6.07) is 0. The van der Waals surface area contributed by atoms with Gasteiger partial charge in [-0.15, -0.1) is 12.3 Å². The molecule has 0 aromatic heterocycles. The molecule has 0 radical (unpaired) electrons. The third kappa shape index (κ3) is 4.07. The first-order valence-electron chi connectivity index (χ1n) is 5.12. The minimum atomic E-state index is -0.0832. The third-order valence-electron chi connectivity index (χ3n) is 2.54. The molecule has 70 valence electrons. The van der Waals surface area contributed by atoms with Crippen molar-refractivity contribution in [2.24, 2.45) is 5.92 Å². The molecule has 0 heterocycles. The van der Waals surface area contributed by atoms with Crippen LogP contribution in [0.15, 0.2) is 12.3 Å². The molecule has 0 saturated heterocycles. The van der Waals surface area contributed by atoms with E-state index in [0.29, 0.717) is 0 Å². The van der Waals surface area contributed by atoms with Crippen molar-refractivity contribution in [3.63, 3.8) is 0 Å². The molecule has 12 heavy (non-hydrogen) atoms. The van der Waals surface area contributed by atoms with Crippen LogP contribution in [-0.2, 0) is 4.74 Å². The molecular formula is C10H20OSi. The average Bonchev–Trinajstić information content (AvgIpc) is 2.14. The summed E-state index contributed by atoms with van der Waals surface area (Å²) >= 11 is 0. The second kappa shape index (κ2) is 6.43. The van der Waals surface area contributed by atoms with Gasteiger partial charge in [0.1, 0.15) is 0 Å². The lowest BCUT2D eigenvalue weighted by atomic mass is 9.90. The molecule has 1 saturated carbocycles. The highest BCUT2D eigenvalue weighted by Crippen LogP contribution is 2.23. The van der Waals surface area contributed by atoms with Gasteiger partial charge in [-0.05, 0) is 18.8 Å². The van der Waals surface area contributed by atoms with Crippen molar-refractivity contribution >= 4 is 9.52 Å². The van der Waals surface area contributed by atoms with Gasteiger partial charge in [0.2, 0.25) is 0 Å². The van der Waals surface area contributed by atoms with E-state index >= 15 is 0 Å². The van der Waals surface area contributed by atoms with Crippen molar-refractivity contribution in [2.75, 3.05) is 12.8 Å². The molecule has 0 amide bonds. The molecule has 0 N–H and O–H groups in total. The lowest BCUT2D eigenvalue weighted by molar-refractivity contribution is 0.116. The van der Waals surface area contributed by atoms with Crippen LogP contribution in [0.1, 0.15) is 32.1 Å². The van der Waals surface area contributed by atoms with Crippen molar-refractivity contribution < 1.29 is 4.74 Å². The van der Waals surface area contributed by atoms with Crippen molar-refractivity contribution in [3.05, 3.63) is 12.3 Å². The van der Waals surface area contributed by atoms with Gasteiger partial charge >= 0.3 is 0 Å². The fraction of sp³-hybridized carbons (Fsp3) is 0.800. The van der Waals surface area contributed by atoms with Gasteiger partial charge in [0.25, 0.3) is 0 Å². The van der Waals surface area contributed by atoms with Gasteiger partial charge in [0.05, 0.1) is 9.52 Å².